The maximum atomic E-state index is 14.7. The number of rotatable bonds is 14. The number of hydrogen-bond donors (Lipinski definition) is 1. The monoisotopic (exact) mass is 617 g/mol. The average Bonchev–Trinajstić information content (AvgIpc) is 3.04. The number of unbranched alkanes of at least 4 members (excludes halogenated alkanes) is 1. The first kappa shape index (κ1) is 32.2. The number of nitrogens with zero attached hydrogens (tertiary/aromatic N) is 2. The van der Waals surface area contributed by atoms with E-state index in [1.807, 2.05) is 25.1 Å². The zero-order valence-electron chi connectivity index (χ0n) is 24.7. The summed E-state index contributed by atoms with van der Waals surface area (Å²) in [6.45, 7) is 3.11. The Labute approximate surface area is 258 Å². The Morgan fingerprint density at radius 1 is 0.841 bits per heavy atom. The third kappa shape index (κ3) is 8.23. The van der Waals surface area contributed by atoms with Gasteiger partial charge in [-0.2, -0.15) is 0 Å². The molecular formula is C34H36FN3O5S. The topological polar surface area (TPSA) is 96.0 Å². The highest BCUT2D eigenvalue weighted by molar-refractivity contribution is 7.92. The van der Waals surface area contributed by atoms with Crippen molar-refractivity contribution in [2.24, 2.45) is 0 Å². The zero-order valence-corrected chi connectivity index (χ0v) is 25.5. The number of sulfonamides is 1. The number of hydrogen-bond acceptors (Lipinski definition) is 5. The maximum Gasteiger partial charge on any atom is 0.264 e. The van der Waals surface area contributed by atoms with Crippen molar-refractivity contribution in [2.45, 2.75) is 44.2 Å². The number of ether oxygens (including phenoxy) is 1. The van der Waals surface area contributed by atoms with Crippen molar-refractivity contribution in [2.75, 3.05) is 17.4 Å². The summed E-state index contributed by atoms with van der Waals surface area (Å²) in [7, 11) is -4.23. The third-order valence-electron chi connectivity index (χ3n) is 7.01. The summed E-state index contributed by atoms with van der Waals surface area (Å²) < 4.78 is 49.4. The Hall–Kier alpha value is -4.70. The van der Waals surface area contributed by atoms with Gasteiger partial charge in [0.25, 0.3) is 10.0 Å². The van der Waals surface area contributed by atoms with Gasteiger partial charge in [0.05, 0.1) is 10.6 Å². The average molecular weight is 618 g/mol. The van der Waals surface area contributed by atoms with E-state index in [1.165, 1.54) is 35.2 Å². The van der Waals surface area contributed by atoms with Crippen LogP contribution in [-0.4, -0.2) is 44.3 Å². The molecule has 2 amide bonds. The lowest BCUT2D eigenvalue weighted by atomic mass is 10.1. The lowest BCUT2D eigenvalue weighted by Crippen LogP contribution is -2.51. The molecule has 0 unspecified atom stereocenters. The summed E-state index contributed by atoms with van der Waals surface area (Å²) in [6.07, 6.45) is 1.63. The van der Waals surface area contributed by atoms with Crippen LogP contribution in [0.1, 0.15) is 32.3 Å². The fourth-order valence-electron chi connectivity index (χ4n) is 4.48. The molecule has 0 heterocycles. The Morgan fingerprint density at radius 2 is 1.43 bits per heavy atom. The molecule has 4 aromatic carbocycles. The number of carbonyl (C=O) groups excluding carboxylic acids is 2. The van der Waals surface area contributed by atoms with E-state index < -0.39 is 40.2 Å². The predicted octanol–water partition coefficient (Wildman–Crippen LogP) is 6.15. The Balaban J connectivity index is 1.68. The van der Waals surface area contributed by atoms with Gasteiger partial charge in [-0.05, 0) is 67.9 Å². The molecular weight excluding hydrogens is 581 g/mol. The summed E-state index contributed by atoms with van der Waals surface area (Å²) in [5.74, 6) is -0.536. The minimum Gasteiger partial charge on any atom is -0.457 e. The molecule has 0 aliphatic heterocycles. The summed E-state index contributed by atoms with van der Waals surface area (Å²) in [5, 5.41) is 2.81. The van der Waals surface area contributed by atoms with Crippen molar-refractivity contribution in [3.8, 4) is 11.5 Å². The van der Waals surface area contributed by atoms with E-state index in [1.54, 1.807) is 67.6 Å². The molecule has 0 saturated heterocycles. The minimum atomic E-state index is -4.23. The van der Waals surface area contributed by atoms with E-state index in [9.17, 15) is 22.4 Å². The summed E-state index contributed by atoms with van der Waals surface area (Å²) >= 11 is 0. The van der Waals surface area contributed by atoms with Crippen LogP contribution in [0.5, 0.6) is 11.5 Å². The van der Waals surface area contributed by atoms with Crippen LogP contribution in [0.4, 0.5) is 10.1 Å². The minimum absolute atomic E-state index is 0.0107. The second-order valence-corrected chi connectivity index (χ2v) is 12.0. The predicted molar refractivity (Wildman–Crippen MR) is 168 cm³/mol. The van der Waals surface area contributed by atoms with E-state index in [0.717, 1.165) is 17.1 Å². The molecule has 0 aromatic heterocycles. The van der Waals surface area contributed by atoms with Crippen LogP contribution >= 0.6 is 0 Å². The Bertz CT molecular complexity index is 1630. The molecule has 0 spiro atoms. The highest BCUT2D eigenvalue weighted by atomic mass is 32.2. The van der Waals surface area contributed by atoms with Gasteiger partial charge in [0.15, 0.2) is 0 Å². The molecule has 8 nitrogen and oxygen atoms in total. The van der Waals surface area contributed by atoms with Crippen molar-refractivity contribution in [1.29, 1.82) is 0 Å². The normalized spacial score (nSPS) is 11.8. The molecule has 0 aliphatic carbocycles. The van der Waals surface area contributed by atoms with E-state index in [2.05, 4.69) is 5.32 Å². The smallest absolute Gasteiger partial charge is 0.264 e. The van der Waals surface area contributed by atoms with Gasteiger partial charge in [-0.25, -0.2) is 12.8 Å². The second kappa shape index (κ2) is 15.2. The quantitative estimate of drug-likeness (QED) is 0.171. The maximum absolute atomic E-state index is 14.7. The third-order valence-corrected chi connectivity index (χ3v) is 8.80. The first-order chi connectivity index (χ1) is 21.2. The van der Waals surface area contributed by atoms with Crippen LogP contribution in [0.2, 0.25) is 0 Å². The number of anilines is 1. The Kier molecular flexibility index (Phi) is 11.1. The van der Waals surface area contributed by atoms with E-state index in [4.69, 9.17) is 4.74 Å². The van der Waals surface area contributed by atoms with Crippen molar-refractivity contribution in [1.82, 2.24) is 10.2 Å². The van der Waals surface area contributed by atoms with E-state index >= 15 is 0 Å². The largest absolute Gasteiger partial charge is 0.457 e. The van der Waals surface area contributed by atoms with Crippen LogP contribution in [0.3, 0.4) is 0 Å². The molecule has 0 radical (unpaired) electrons. The molecule has 1 N–H and O–H groups in total. The van der Waals surface area contributed by atoms with Gasteiger partial charge in [0.1, 0.15) is 29.9 Å². The summed E-state index contributed by atoms with van der Waals surface area (Å²) in [4.78, 5) is 28.3. The van der Waals surface area contributed by atoms with E-state index in [0.29, 0.717) is 18.0 Å². The lowest BCUT2D eigenvalue weighted by molar-refractivity contribution is -0.139. The fourth-order valence-corrected chi connectivity index (χ4v) is 5.92. The summed E-state index contributed by atoms with van der Waals surface area (Å²) in [6, 6.07) is 28.2. The highest BCUT2D eigenvalue weighted by Crippen LogP contribution is 2.28. The van der Waals surface area contributed by atoms with Gasteiger partial charge in [-0.1, -0.05) is 67.9 Å². The molecule has 0 aliphatic rings. The zero-order chi connectivity index (χ0) is 31.5. The molecule has 230 valence electrons. The first-order valence-electron chi connectivity index (χ1n) is 14.4. The number of carbonyl (C=O) groups is 2. The second-order valence-electron chi connectivity index (χ2n) is 10.2. The van der Waals surface area contributed by atoms with Crippen molar-refractivity contribution >= 4 is 27.5 Å². The number of halogens is 1. The fraction of sp³-hybridized carbons (Fsp3) is 0.235. The van der Waals surface area contributed by atoms with E-state index in [-0.39, 0.29) is 22.7 Å². The van der Waals surface area contributed by atoms with Crippen LogP contribution in [-0.2, 0) is 26.2 Å². The van der Waals surface area contributed by atoms with Crippen LogP contribution in [0.25, 0.3) is 0 Å². The van der Waals surface area contributed by atoms with Gasteiger partial charge < -0.3 is 15.0 Å². The van der Waals surface area contributed by atoms with Gasteiger partial charge in [0, 0.05) is 18.7 Å². The molecule has 4 rings (SSSR count). The van der Waals surface area contributed by atoms with Crippen molar-refractivity contribution in [3.63, 3.8) is 0 Å². The number of nitrogens with one attached hydrogen (secondary N) is 1. The number of benzene rings is 4. The lowest BCUT2D eigenvalue weighted by Gasteiger charge is -2.32. The molecule has 0 saturated carbocycles. The van der Waals surface area contributed by atoms with Gasteiger partial charge in [-0.3, -0.25) is 13.9 Å². The molecule has 0 bridgehead atoms. The first-order valence-corrected chi connectivity index (χ1v) is 15.9. The molecule has 44 heavy (non-hydrogen) atoms. The Morgan fingerprint density at radius 3 is 2.07 bits per heavy atom. The van der Waals surface area contributed by atoms with Gasteiger partial charge in [0.2, 0.25) is 11.8 Å². The van der Waals surface area contributed by atoms with Gasteiger partial charge in [-0.15, -0.1) is 0 Å². The molecule has 4 aromatic rings. The van der Waals surface area contributed by atoms with Crippen LogP contribution in [0, 0.1) is 5.82 Å². The SMILES string of the molecule is CCCCNC(=O)[C@H](C)N(Cc1ccccc1F)C(=O)CN(c1ccc(Oc2ccccc2)cc1)S(=O)(=O)c1ccccc1. The van der Waals surface area contributed by atoms with Crippen molar-refractivity contribution < 1.29 is 27.1 Å². The summed E-state index contributed by atoms with van der Waals surface area (Å²) in [5.41, 5.74) is 0.419. The van der Waals surface area contributed by atoms with Gasteiger partial charge >= 0.3 is 0 Å². The standard InChI is InChI=1S/C34H36FN3O5S/c1-3-4-23-36-34(40)26(2)37(24-27-13-11-12-18-32(27)35)33(39)25-38(44(41,42)31-16-9-6-10-17-31)28-19-21-30(22-20-28)43-29-14-7-5-8-15-29/h5-22,26H,3-4,23-25H2,1-2H3,(H,36,40)/t26-/m0/s1. The number of amides is 2. The van der Waals surface area contributed by atoms with Crippen LogP contribution < -0.4 is 14.4 Å². The number of para-hydroxylation sites is 1. The molecule has 10 heteroatoms. The molecule has 1 atom stereocenters. The highest BCUT2D eigenvalue weighted by Gasteiger charge is 2.32. The van der Waals surface area contributed by atoms with Crippen LogP contribution in [0.15, 0.2) is 114 Å². The van der Waals surface area contributed by atoms with Crippen molar-refractivity contribution in [3.05, 3.63) is 121 Å². The molecule has 0 fully saturated rings.